The largest absolute Gasteiger partial charge is 0.467 e. The summed E-state index contributed by atoms with van der Waals surface area (Å²) in [5.74, 6) is -0.404. The Hall–Kier alpha value is -4.21. The average Bonchev–Trinajstić information content (AvgIpc) is 3.45. The van der Waals surface area contributed by atoms with Crippen molar-refractivity contribution in [3.63, 3.8) is 0 Å². The lowest BCUT2D eigenvalue weighted by Crippen LogP contribution is -2.24. The Morgan fingerprint density at radius 1 is 1.00 bits per heavy atom. The first kappa shape index (κ1) is 25.4. The third-order valence-corrected chi connectivity index (χ3v) is 6.88. The molecule has 1 N–H and O–H groups in total. The van der Waals surface area contributed by atoms with Crippen molar-refractivity contribution in [2.24, 2.45) is 0 Å². The van der Waals surface area contributed by atoms with Crippen LogP contribution in [0.5, 0.6) is 0 Å². The number of fused-ring (bicyclic) bond motifs is 1. The zero-order valence-corrected chi connectivity index (χ0v) is 21.3. The number of halogens is 2. The molecule has 0 aliphatic heterocycles. The second-order valence-electron chi connectivity index (χ2n) is 8.22. The lowest BCUT2D eigenvalue weighted by Gasteiger charge is -2.14. The first-order valence-corrected chi connectivity index (χ1v) is 12.8. The van der Waals surface area contributed by atoms with Gasteiger partial charge in [0, 0.05) is 16.1 Å². The normalized spacial score (nSPS) is 11.0. The molecule has 0 unspecified atom stereocenters. The number of nitrogens with one attached hydrogen (secondary N) is 1. The smallest absolute Gasteiger partial charge is 0.266 e. The molecule has 2 heterocycles. The number of hydrogen-bond acceptors (Lipinski definition) is 6. The first-order chi connectivity index (χ1) is 18.4. The highest BCUT2D eigenvalue weighted by atomic mass is 35.5. The Kier molecular flexibility index (Phi) is 7.39. The van der Waals surface area contributed by atoms with E-state index < -0.39 is 11.4 Å². The Morgan fingerprint density at radius 3 is 2.45 bits per heavy atom. The summed E-state index contributed by atoms with van der Waals surface area (Å²) >= 11 is 6.99. The first-order valence-electron chi connectivity index (χ1n) is 11.4. The quantitative estimate of drug-likeness (QED) is 0.153. The fourth-order valence-corrected chi connectivity index (χ4v) is 4.79. The van der Waals surface area contributed by atoms with Crippen LogP contribution in [0, 0.1) is 5.82 Å². The Morgan fingerprint density at radius 2 is 1.74 bits per heavy atom. The molecular weight excluding hydrogens is 529 g/mol. The number of amides is 1. The Balaban J connectivity index is 1.50. The number of rotatable bonds is 8. The molecule has 5 rings (SSSR count). The molecule has 0 aliphatic rings. The van der Waals surface area contributed by atoms with Gasteiger partial charge < -0.3 is 9.73 Å². The molecule has 0 fully saturated rings. The van der Waals surface area contributed by atoms with Gasteiger partial charge in [-0.25, -0.2) is 9.37 Å². The molecule has 0 spiro atoms. The van der Waals surface area contributed by atoms with Crippen LogP contribution in [0.2, 0.25) is 5.02 Å². The van der Waals surface area contributed by atoms with E-state index in [1.54, 1.807) is 36.4 Å². The number of aromatic nitrogens is 2. The van der Waals surface area contributed by atoms with Crippen molar-refractivity contribution in [3.05, 3.63) is 123 Å². The number of Topliss-reactive ketones (excluding diaryl/α,β-unsaturated/α-hetero) is 1. The van der Waals surface area contributed by atoms with E-state index in [1.807, 2.05) is 0 Å². The highest BCUT2D eigenvalue weighted by molar-refractivity contribution is 7.99. The second kappa shape index (κ2) is 11.0. The summed E-state index contributed by atoms with van der Waals surface area (Å²) in [5.41, 5.74) is 1.05. The molecule has 0 saturated carbocycles. The number of carbonyl (C=O) groups excluding carboxylic acids is 2. The van der Waals surface area contributed by atoms with Crippen LogP contribution in [0.3, 0.4) is 0 Å². The molecule has 5 aromatic rings. The lowest BCUT2D eigenvalue weighted by atomic mass is 10.1. The van der Waals surface area contributed by atoms with Crippen LogP contribution in [0.15, 0.2) is 99.5 Å². The number of hydrogen-bond donors (Lipinski definition) is 1. The van der Waals surface area contributed by atoms with Gasteiger partial charge >= 0.3 is 0 Å². The van der Waals surface area contributed by atoms with E-state index >= 15 is 0 Å². The molecule has 0 bridgehead atoms. The number of ketones is 1. The van der Waals surface area contributed by atoms with Crippen LogP contribution in [0.4, 0.5) is 4.39 Å². The Bertz CT molecular complexity index is 1690. The van der Waals surface area contributed by atoms with Gasteiger partial charge in [0.25, 0.3) is 11.5 Å². The molecule has 0 radical (unpaired) electrons. The molecule has 1 amide bonds. The predicted octanol–water partition coefficient (Wildman–Crippen LogP) is 5.68. The fraction of sp³-hybridized carbons (Fsp3) is 0.0714. The zero-order chi connectivity index (χ0) is 26.6. The standard InChI is InChI=1S/C28H19ClFN3O4S/c29-19-6-3-17(4-7-19)25(34)16-38-28-32-24-14-18(26(35)31-15-22-2-1-13-37-22)5-12-23(24)27(36)33(28)21-10-8-20(30)9-11-21/h1-14H,15-16H2,(H,31,35). The number of thioether (sulfide) groups is 1. The molecule has 2 aromatic heterocycles. The van der Waals surface area contributed by atoms with Crippen molar-refractivity contribution >= 4 is 46.0 Å². The van der Waals surface area contributed by atoms with Gasteiger partial charge in [-0.3, -0.25) is 19.0 Å². The van der Waals surface area contributed by atoms with E-state index in [0.717, 1.165) is 11.8 Å². The maximum atomic E-state index is 13.6. The fourth-order valence-electron chi connectivity index (χ4n) is 3.75. The SMILES string of the molecule is O=C(CSc1nc2cc(C(=O)NCc3ccco3)ccc2c(=O)n1-c1ccc(F)cc1)c1ccc(Cl)cc1. The van der Waals surface area contributed by atoms with Gasteiger partial charge in [0.15, 0.2) is 10.9 Å². The van der Waals surface area contributed by atoms with Crippen LogP contribution < -0.4 is 10.9 Å². The number of nitrogens with zero attached hydrogens (tertiary/aromatic N) is 2. The maximum absolute atomic E-state index is 13.6. The van der Waals surface area contributed by atoms with Gasteiger partial charge in [0.05, 0.1) is 35.2 Å². The van der Waals surface area contributed by atoms with Crippen LogP contribution >= 0.6 is 23.4 Å². The highest BCUT2D eigenvalue weighted by Gasteiger charge is 2.17. The predicted molar refractivity (Wildman–Crippen MR) is 144 cm³/mol. The van der Waals surface area contributed by atoms with E-state index in [0.29, 0.717) is 33.1 Å². The zero-order valence-electron chi connectivity index (χ0n) is 19.7. The van der Waals surface area contributed by atoms with E-state index in [2.05, 4.69) is 10.3 Å². The van der Waals surface area contributed by atoms with Crippen molar-refractivity contribution in [3.8, 4) is 5.69 Å². The summed E-state index contributed by atoms with van der Waals surface area (Å²) in [6, 6.07) is 20.0. The van der Waals surface area contributed by atoms with Crippen molar-refractivity contribution in [1.82, 2.24) is 14.9 Å². The number of furan rings is 1. The summed E-state index contributed by atoms with van der Waals surface area (Å²) in [4.78, 5) is 43.7. The molecule has 0 saturated heterocycles. The number of benzene rings is 3. The maximum Gasteiger partial charge on any atom is 0.266 e. The average molecular weight is 548 g/mol. The summed E-state index contributed by atoms with van der Waals surface area (Å²) in [6.45, 7) is 0.206. The van der Waals surface area contributed by atoms with Crippen molar-refractivity contribution < 1.29 is 18.4 Å². The summed E-state index contributed by atoms with van der Waals surface area (Å²) < 4.78 is 20.2. The van der Waals surface area contributed by atoms with E-state index in [-0.39, 0.29) is 34.5 Å². The van der Waals surface area contributed by atoms with Crippen molar-refractivity contribution in [2.45, 2.75) is 11.7 Å². The third kappa shape index (κ3) is 5.53. The van der Waals surface area contributed by atoms with Crippen LogP contribution in [-0.2, 0) is 6.54 Å². The minimum absolute atomic E-state index is 0.00982. The van der Waals surface area contributed by atoms with Gasteiger partial charge in [-0.1, -0.05) is 23.4 Å². The molecular formula is C28H19ClFN3O4S. The van der Waals surface area contributed by atoms with Crippen LogP contribution in [-0.4, -0.2) is 27.0 Å². The van der Waals surface area contributed by atoms with E-state index in [4.69, 9.17) is 16.0 Å². The van der Waals surface area contributed by atoms with Crippen molar-refractivity contribution in [2.75, 3.05) is 5.75 Å². The molecule has 0 atom stereocenters. The summed E-state index contributed by atoms with van der Waals surface area (Å²) in [5, 5.41) is 3.77. The molecule has 7 nitrogen and oxygen atoms in total. The molecule has 10 heteroatoms. The van der Waals surface area contributed by atoms with Crippen molar-refractivity contribution in [1.29, 1.82) is 0 Å². The topological polar surface area (TPSA) is 94.2 Å². The minimum Gasteiger partial charge on any atom is -0.467 e. The third-order valence-electron chi connectivity index (χ3n) is 5.69. The van der Waals surface area contributed by atoms with Gasteiger partial charge in [-0.05, 0) is 78.9 Å². The lowest BCUT2D eigenvalue weighted by molar-refractivity contribution is 0.0947. The van der Waals surface area contributed by atoms with Gasteiger partial charge in [0.1, 0.15) is 11.6 Å². The van der Waals surface area contributed by atoms with Gasteiger partial charge in [0.2, 0.25) is 0 Å². The molecule has 3 aromatic carbocycles. The van der Waals surface area contributed by atoms with Gasteiger partial charge in [-0.2, -0.15) is 0 Å². The summed E-state index contributed by atoms with van der Waals surface area (Å²) in [6.07, 6.45) is 1.52. The molecule has 0 aliphatic carbocycles. The van der Waals surface area contributed by atoms with Crippen LogP contribution in [0.1, 0.15) is 26.5 Å². The minimum atomic E-state index is -0.451. The number of carbonyl (C=O) groups is 2. The molecule has 190 valence electrons. The molecule has 38 heavy (non-hydrogen) atoms. The Labute approximate surface area is 225 Å². The highest BCUT2D eigenvalue weighted by Crippen LogP contribution is 2.24. The van der Waals surface area contributed by atoms with Crippen LogP contribution in [0.25, 0.3) is 16.6 Å². The van der Waals surface area contributed by atoms with Gasteiger partial charge in [-0.15, -0.1) is 0 Å². The van der Waals surface area contributed by atoms with E-state index in [1.165, 1.54) is 53.3 Å². The monoisotopic (exact) mass is 547 g/mol. The van der Waals surface area contributed by atoms with E-state index in [9.17, 15) is 18.8 Å². The summed E-state index contributed by atoms with van der Waals surface area (Å²) in [7, 11) is 0. The second-order valence-corrected chi connectivity index (χ2v) is 9.60.